The normalized spacial score (nSPS) is 14.3. The number of hydrogen-bond acceptors (Lipinski definition) is 4. The summed E-state index contributed by atoms with van der Waals surface area (Å²) in [5.74, 6) is 0.204. The summed E-state index contributed by atoms with van der Waals surface area (Å²) < 4.78 is 93.4. The largest absolute Gasteiger partial charge is 0.489 e. The molecule has 0 amide bonds. The second-order valence-corrected chi connectivity index (χ2v) is 12.4. The van der Waals surface area contributed by atoms with Crippen LogP contribution in [0.3, 0.4) is 0 Å². The van der Waals surface area contributed by atoms with E-state index >= 15 is 0 Å². The molecule has 5 aromatic rings. The number of ether oxygens (including phenoxy) is 2. The highest BCUT2D eigenvalue weighted by Gasteiger charge is 2.37. The van der Waals surface area contributed by atoms with E-state index in [-0.39, 0.29) is 12.7 Å². The smallest absolute Gasteiger partial charge is 0.416 e. The fourth-order valence-electron chi connectivity index (χ4n) is 4.98. The minimum Gasteiger partial charge on any atom is -0.489 e. The second kappa shape index (κ2) is 13.3. The van der Waals surface area contributed by atoms with E-state index in [1.54, 1.807) is 18.3 Å². The minimum atomic E-state index is -4.95. The molecule has 12 heteroatoms. The maximum Gasteiger partial charge on any atom is 0.416 e. The van der Waals surface area contributed by atoms with E-state index in [0.29, 0.717) is 35.2 Å². The Morgan fingerprint density at radius 2 is 1.32 bits per heavy atom. The number of aromatic nitrogens is 1. The highest BCUT2D eigenvalue weighted by molar-refractivity contribution is 8.26. The molecule has 0 aliphatic carbocycles. The molecule has 1 aliphatic heterocycles. The molecule has 4 aromatic carbocycles. The summed E-state index contributed by atoms with van der Waals surface area (Å²) in [4.78, 5) is 5.08. The summed E-state index contributed by atoms with van der Waals surface area (Å²) in [6.45, 7) is 0.690. The molecule has 0 fully saturated rings. The van der Waals surface area contributed by atoms with Gasteiger partial charge in [-0.3, -0.25) is 0 Å². The van der Waals surface area contributed by atoms with Gasteiger partial charge in [0.05, 0.1) is 11.1 Å². The lowest BCUT2D eigenvalue weighted by molar-refractivity contribution is -0.143. The van der Waals surface area contributed by atoms with Gasteiger partial charge in [0.15, 0.2) is 4.32 Å². The fourth-order valence-corrected chi connectivity index (χ4v) is 5.91. The lowest BCUT2D eigenvalue weighted by Crippen LogP contribution is -2.11. The number of aliphatic imine (C=N–C) groups is 1. The first-order valence-corrected chi connectivity index (χ1v) is 15.4. The first-order chi connectivity index (χ1) is 22.4. The minimum absolute atomic E-state index is 0.0712. The number of alkyl halides is 6. The summed E-state index contributed by atoms with van der Waals surface area (Å²) >= 11 is 6.60. The van der Waals surface area contributed by atoms with Crippen LogP contribution in [0, 0.1) is 0 Å². The monoisotopic (exact) mass is 682 g/mol. The van der Waals surface area contributed by atoms with Crippen LogP contribution in [0.2, 0.25) is 0 Å². The van der Waals surface area contributed by atoms with Gasteiger partial charge in [-0.1, -0.05) is 78.6 Å². The molecule has 0 radical (unpaired) electrons. The average Bonchev–Trinajstić information content (AvgIpc) is 3.60. The maximum absolute atomic E-state index is 13.2. The molecular formula is C35H24F6N2O2S2. The summed E-state index contributed by atoms with van der Waals surface area (Å²) in [6.07, 6.45) is -6.18. The molecule has 0 N–H and O–H groups in total. The summed E-state index contributed by atoms with van der Waals surface area (Å²) in [5, 5.41) is 0.967. The second-order valence-electron chi connectivity index (χ2n) is 10.7. The third-order valence-corrected chi connectivity index (χ3v) is 8.37. The summed E-state index contributed by atoms with van der Waals surface area (Å²) in [7, 11) is 0. The lowest BCUT2D eigenvalue weighted by atomic mass is 10.1. The SMILES string of the molecule is FC(F)(F)c1cc(OCc2ccc(Cn3c(/C=C4\C=NC(=S)S4)cc4cc(OCc5ccccc5)ccc43)cc2)cc(C(F)(F)F)c1. The fraction of sp³-hybridized carbons (Fsp3) is 0.143. The summed E-state index contributed by atoms with van der Waals surface area (Å²) in [5.41, 5.74) is 1.56. The highest BCUT2D eigenvalue weighted by Crippen LogP contribution is 2.38. The molecule has 2 heterocycles. The van der Waals surface area contributed by atoms with Gasteiger partial charge in [-0.2, -0.15) is 26.3 Å². The number of hydrogen-bond donors (Lipinski definition) is 0. The van der Waals surface area contributed by atoms with Crippen molar-refractivity contribution in [3.8, 4) is 11.5 Å². The van der Waals surface area contributed by atoms with Crippen molar-refractivity contribution >= 4 is 51.5 Å². The molecule has 1 aromatic heterocycles. The maximum atomic E-state index is 13.2. The van der Waals surface area contributed by atoms with Crippen LogP contribution in [-0.4, -0.2) is 15.1 Å². The van der Waals surface area contributed by atoms with E-state index in [4.69, 9.17) is 21.7 Å². The molecule has 0 unspecified atom stereocenters. The number of halogens is 6. The Balaban J connectivity index is 1.22. The van der Waals surface area contributed by atoms with Gasteiger partial charge < -0.3 is 14.0 Å². The van der Waals surface area contributed by atoms with Crippen LogP contribution in [-0.2, 0) is 32.1 Å². The molecule has 0 bridgehead atoms. The molecule has 1 aliphatic rings. The van der Waals surface area contributed by atoms with E-state index in [0.717, 1.165) is 38.4 Å². The molecule has 0 spiro atoms. The third kappa shape index (κ3) is 8.06. The van der Waals surface area contributed by atoms with Crippen LogP contribution in [0.15, 0.2) is 107 Å². The number of rotatable bonds is 9. The molecule has 0 saturated carbocycles. The van der Waals surface area contributed by atoms with Gasteiger partial charge in [-0.05, 0) is 65.2 Å². The predicted octanol–water partition coefficient (Wildman–Crippen LogP) is 10.3. The summed E-state index contributed by atoms with van der Waals surface area (Å²) in [6, 6.07) is 26.1. The van der Waals surface area contributed by atoms with Crippen LogP contribution >= 0.6 is 24.0 Å². The van der Waals surface area contributed by atoms with Crippen LogP contribution in [0.5, 0.6) is 11.5 Å². The Morgan fingerprint density at radius 3 is 1.94 bits per heavy atom. The molecule has 240 valence electrons. The van der Waals surface area contributed by atoms with E-state index in [1.807, 2.05) is 66.7 Å². The first kappa shape index (κ1) is 32.4. The first-order valence-electron chi connectivity index (χ1n) is 14.2. The zero-order valence-corrected chi connectivity index (χ0v) is 25.9. The molecule has 0 saturated heterocycles. The van der Waals surface area contributed by atoms with Crippen molar-refractivity contribution < 1.29 is 35.8 Å². The molecule has 4 nitrogen and oxygen atoms in total. The Hall–Kier alpha value is -4.55. The van der Waals surface area contributed by atoms with Crippen LogP contribution in [0.4, 0.5) is 26.3 Å². The Labute approximate surface area is 275 Å². The van der Waals surface area contributed by atoms with Crippen molar-refractivity contribution in [2.75, 3.05) is 0 Å². The van der Waals surface area contributed by atoms with E-state index < -0.39 is 29.2 Å². The van der Waals surface area contributed by atoms with Crippen molar-refractivity contribution in [2.24, 2.45) is 4.99 Å². The van der Waals surface area contributed by atoms with Crippen LogP contribution < -0.4 is 9.47 Å². The van der Waals surface area contributed by atoms with Crippen molar-refractivity contribution in [1.82, 2.24) is 4.57 Å². The average molecular weight is 683 g/mol. The number of benzene rings is 4. The van der Waals surface area contributed by atoms with Gasteiger partial charge in [0.2, 0.25) is 0 Å². The number of thioether (sulfide) groups is 1. The lowest BCUT2D eigenvalue weighted by Gasteiger charge is -2.15. The van der Waals surface area contributed by atoms with Gasteiger partial charge in [-0.25, -0.2) is 4.99 Å². The van der Waals surface area contributed by atoms with Gasteiger partial charge in [0.25, 0.3) is 0 Å². The molecular weight excluding hydrogens is 659 g/mol. The number of allylic oxidation sites excluding steroid dienone is 1. The Kier molecular flexibility index (Phi) is 9.16. The van der Waals surface area contributed by atoms with E-state index in [1.165, 1.54) is 11.8 Å². The molecule has 6 rings (SSSR count). The van der Waals surface area contributed by atoms with Crippen molar-refractivity contribution in [3.63, 3.8) is 0 Å². The molecule has 47 heavy (non-hydrogen) atoms. The highest BCUT2D eigenvalue weighted by atomic mass is 32.2. The topological polar surface area (TPSA) is 35.8 Å². The van der Waals surface area contributed by atoms with Gasteiger partial charge >= 0.3 is 12.4 Å². The predicted molar refractivity (Wildman–Crippen MR) is 176 cm³/mol. The molecule has 0 atom stereocenters. The van der Waals surface area contributed by atoms with E-state index in [9.17, 15) is 26.3 Å². The van der Waals surface area contributed by atoms with Crippen molar-refractivity contribution in [2.45, 2.75) is 32.1 Å². The van der Waals surface area contributed by atoms with E-state index in [2.05, 4.69) is 15.6 Å². The van der Waals surface area contributed by atoms with Crippen molar-refractivity contribution in [3.05, 3.63) is 135 Å². The zero-order chi connectivity index (χ0) is 33.2. The van der Waals surface area contributed by atoms with Crippen LogP contribution in [0.1, 0.15) is 33.5 Å². The number of fused-ring (bicyclic) bond motifs is 1. The van der Waals surface area contributed by atoms with Gasteiger partial charge in [0, 0.05) is 34.3 Å². The number of nitrogens with zero attached hydrogens (tertiary/aromatic N) is 2. The van der Waals surface area contributed by atoms with Gasteiger partial charge in [-0.15, -0.1) is 0 Å². The standard InChI is InChI=1S/C35H24F6N2O2S2/c36-34(37,38)26-14-27(35(39,40)41)16-30(15-26)45-21-24-8-6-22(7-9-24)19-43-28(17-31-18-42-33(46)47-31)12-25-13-29(10-11-32(25)43)44-20-23-4-2-1-3-5-23/h1-18H,19-21H2/b31-17+. The zero-order valence-electron chi connectivity index (χ0n) is 24.3. The van der Waals surface area contributed by atoms with Gasteiger partial charge in [0.1, 0.15) is 24.7 Å². The number of thiocarbonyl (C=S) groups is 1. The quantitative estimate of drug-likeness (QED) is 0.115. The van der Waals surface area contributed by atoms with Crippen molar-refractivity contribution in [1.29, 1.82) is 0 Å². The Bertz CT molecular complexity index is 1950. The third-order valence-electron chi connectivity index (χ3n) is 7.28. The van der Waals surface area contributed by atoms with Crippen LogP contribution in [0.25, 0.3) is 17.0 Å². The Morgan fingerprint density at radius 1 is 0.702 bits per heavy atom.